The Balaban J connectivity index is 2.15. The highest BCUT2D eigenvalue weighted by Gasteiger charge is 2.27. The Morgan fingerprint density at radius 3 is 2.60 bits per heavy atom. The zero-order valence-corrected chi connectivity index (χ0v) is 19.2. The lowest BCUT2D eigenvalue weighted by atomic mass is 9.94. The van der Waals surface area contributed by atoms with Gasteiger partial charge in [0, 0.05) is 20.7 Å². The van der Waals surface area contributed by atoms with E-state index in [2.05, 4.69) is 40.5 Å². The normalized spacial score (nSPS) is 12.3. The molecule has 0 saturated heterocycles. The van der Waals surface area contributed by atoms with E-state index in [1.807, 2.05) is 13.0 Å². The number of nitrogens with one attached hydrogen (secondary N) is 1. The SMILES string of the molecule is C[C@@H](CCOC(=O)CS)[C@@H](OC(=O)Nc1ccc(C#N)cc1)c1cc(I)ccc1O. The maximum absolute atomic E-state index is 12.5. The van der Waals surface area contributed by atoms with Crippen LogP contribution < -0.4 is 5.32 Å². The van der Waals surface area contributed by atoms with Crippen molar-refractivity contribution in [2.45, 2.75) is 19.4 Å². The summed E-state index contributed by atoms with van der Waals surface area (Å²) in [6.07, 6.45) is -1.06. The molecule has 0 saturated carbocycles. The van der Waals surface area contributed by atoms with Crippen LogP contribution in [0.1, 0.15) is 30.6 Å². The van der Waals surface area contributed by atoms with Crippen LogP contribution in [0.25, 0.3) is 0 Å². The highest BCUT2D eigenvalue weighted by molar-refractivity contribution is 14.1. The third kappa shape index (κ3) is 7.11. The number of ether oxygens (including phenoxy) is 2. The van der Waals surface area contributed by atoms with E-state index in [9.17, 15) is 14.7 Å². The molecule has 9 heteroatoms. The molecule has 0 heterocycles. The number of hydrogen-bond donors (Lipinski definition) is 3. The lowest BCUT2D eigenvalue weighted by molar-refractivity contribution is -0.141. The number of carbonyl (C=O) groups is 2. The predicted molar refractivity (Wildman–Crippen MR) is 123 cm³/mol. The topological polar surface area (TPSA) is 109 Å². The largest absolute Gasteiger partial charge is 0.508 e. The molecule has 0 fully saturated rings. The fraction of sp³-hybridized carbons (Fsp3) is 0.286. The number of esters is 1. The Morgan fingerprint density at radius 1 is 1.27 bits per heavy atom. The van der Waals surface area contributed by atoms with Crippen LogP contribution in [0.3, 0.4) is 0 Å². The van der Waals surface area contributed by atoms with Gasteiger partial charge in [-0.15, -0.1) is 0 Å². The van der Waals surface area contributed by atoms with Gasteiger partial charge in [-0.3, -0.25) is 10.1 Å². The molecular formula is C21H21IN2O5S. The fourth-order valence-electron chi connectivity index (χ4n) is 2.69. The lowest BCUT2D eigenvalue weighted by Crippen LogP contribution is -2.23. The number of anilines is 1. The van der Waals surface area contributed by atoms with Crippen LogP contribution in [0, 0.1) is 20.8 Å². The Hall–Kier alpha value is -2.45. The Labute approximate surface area is 193 Å². The molecule has 158 valence electrons. The smallest absolute Gasteiger partial charge is 0.412 e. The fourth-order valence-corrected chi connectivity index (χ4v) is 3.29. The molecule has 0 aliphatic carbocycles. The van der Waals surface area contributed by atoms with E-state index in [0.29, 0.717) is 23.2 Å². The molecule has 2 rings (SSSR count). The minimum atomic E-state index is -0.771. The Morgan fingerprint density at radius 2 is 1.97 bits per heavy atom. The molecule has 30 heavy (non-hydrogen) atoms. The summed E-state index contributed by atoms with van der Waals surface area (Å²) in [6, 6.07) is 13.4. The predicted octanol–water partition coefficient (Wildman–Crippen LogP) is 4.66. The van der Waals surface area contributed by atoms with Crippen LogP contribution in [0.5, 0.6) is 5.75 Å². The molecule has 0 spiro atoms. The molecular weight excluding hydrogens is 519 g/mol. The summed E-state index contributed by atoms with van der Waals surface area (Å²) in [7, 11) is 0. The van der Waals surface area contributed by atoms with Gasteiger partial charge in [0.1, 0.15) is 11.9 Å². The number of amides is 1. The zero-order chi connectivity index (χ0) is 22.1. The molecule has 2 aromatic carbocycles. The van der Waals surface area contributed by atoms with E-state index >= 15 is 0 Å². The van der Waals surface area contributed by atoms with Crippen LogP contribution in [0.4, 0.5) is 10.5 Å². The zero-order valence-electron chi connectivity index (χ0n) is 16.2. The first-order chi connectivity index (χ1) is 14.3. The average Bonchev–Trinajstić information content (AvgIpc) is 2.74. The van der Waals surface area contributed by atoms with Crippen molar-refractivity contribution in [1.82, 2.24) is 0 Å². The minimum absolute atomic E-state index is 0.00536. The quantitative estimate of drug-likeness (QED) is 0.256. The third-order valence-electron chi connectivity index (χ3n) is 4.27. The van der Waals surface area contributed by atoms with Gasteiger partial charge in [-0.2, -0.15) is 17.9 Å². The Kier molecular flexibility index (Phi) is 9.26. The van der Waals surface area contributed by atoms with Gasteiger partial charge in [0.2, 0.25) is 0 Å². The number of carbonyl (C=O) groups excluding carboxylic acids is 2. The van der Waals surface area contributed by atoms with Gasteiger partial charge in [-0.05, 0) is 71.5 Å². The highest BCUT2D eigenvalue weighted by Crippen LogP contribution is 2.35. The maximum atomic E-state index is 12.5. The summed E-state index contributed by atoms with van der Waals surface area (Å²) < 4.78 is 11.6. The van der Waals surface area contributed by atoms with Gasteiger partial charge in [-0.1, -0.05) is 6.92 Å². The minimum Gasteiger partial charge on any atom is -0.508 e. The monoisotopic (exact) mass is 540 g/mol. The van der Waals surface area contributed by atoms with E-state index in [-0.39, 0.29) is 24.0 Å². The lowest BCUT2D eigenvalue weighted by Gasteiger charge is -2.25. The molecule has 1 amide bonds. The maximum Gasteiger partial charge on any atom is 0.412 e. The van der Waals surface area contributed by atoms with Crippen LogP contribution >= 0.6 is 35.2 Å². The molecule has 2 atom stereocenters. The van der Waals surface area contributed by atoms with E-state index in [4.69, 9.17) is 14.7 Å². The number of halogens is 1. The molecule has 0 unspecified atom stereocenters. The molecule has 2 N–H and O–H groups in total. The average molecular weight is 540 g/mol. The van der Waals surface area contributed by atoms with Crippen molar-refractivity contribution in [2.75, 3.05) is 17.7 Å². The number of aromatic hydroxyl groups is 1. The van der Waals surface area contributed by atoms with Crippen LogP contribution in [0.2, 0.25) is 0 Å². The van der Waals surface area contributed by atoms with E-state index in [1.54, 1.807) is 42.5 Å². The molecule has 7 nitrogen and oxygen atoms in total. The van der Waals surface area contributed by atoms with Gasteiger partial charge >= 0.3 is 12.1 Å². The molecule has 0 radical (unpaired) electrons. The van der Waals surface area contributed by atoms with Crippen molar-refractivity contribution in [3.8, 4) is 11.8 Å². The van der Waals surface area contributed by atoms with Gasteiger partial charge < -0.3 is 14.6 Å². The van der Waals surface area contributed by atoms with Gasteiger partial charge in [0.25, 0.3) is 0 Å². The van der Waals surface area contributed by atoms with Crippen LogP contribution in [-0.2, 0) is 14.3 Å². The second kappa shape index (κ2) is 11.7. The molecule has 0 aromatic heterocycles. The summed E-state index contributed by atoms with van der Waals surface area (Å²) in [5.41, 5.74) is 1.41. The molecule has 2 aromatic rings. The van der Waals surface area contributed by atoms with Crippen molar-refractivity contribution in [3.05, 3.63) is 57.2 Å². The number of hydrogen-bond acceptors (Lipinski definition) is 7. The van der Waals surface area contributed by atoms with E-state index in [1.165, 1.54) is 0 Å². The van der Waals surface area contributed by atoms with Crippen molar-refractivity contribution in [3.63, 3.8) is 0 Å². The standard InChI is InChI=1S/C21H21IN2O5S/c1-13(8-9-28-19(26)12-30)20(17-10-15(22)4-7-18(17)25)29-21(27)24-16-5-2-14(11-23)3-6-16/h2-7,10,13,20,25,30H,8-9,12H2,1H3,(H,24,27)/t13-,20+/m0/s1. The van der Waals surface area contributed by atoms with Crippen LogP contribution in [-0.4, -0.2) is 29.5 Å². The van der Waals surface area contributed by atoms with Crippen molar-refractivity contribution < 1.29 is 24.2 Å². The molecule has 0 bridgehead atoms. The number of nitrogens with zero attached hydrogens (tertiary/aromatic N) is 1. The summed E-state index contributed by atoms with van der Waals surface area (Å²) >= 11 is 5.97. The van der Waals surface area contributed by atoms with Gasteiger partial charge in [-0.25, -0.2) is 4.79 Å². The van der Waals surface area contributed by atoms with E-state index < -0.39 is 18.2 Å². The Bertz CT molecular complexity index is 930. The number of phenols is 1. The number of thiol groups is 1. The molecule has 0 aliphatic heterocycles. The van der Waals surface area contributed by atoms with E-state index in [0.717, 1.165) is 3.57 Å². The first-order valence-corrected chi connectivity index (χ1v) is 10.8. The number of benzene rings is 2. The number of nitriles is 1. The van der Waals surface area contributed by atoms with Gasteiger partial charge in [0.05, 0.1) is 24.0 Å². The second-order valence-corrected chi connectivity index (χ2v) is 8.05. The van der Waals surface area contributed by atoms with Crippen LogP contribution in [0.15, 0.2) is 42.5 Å². The summed E-state index contributed by atoms with van der Waals surface area (Å²) in [6.45, 7) is 1.98. The van der Waals surface area contributed by atoms with Crippen molar-refractivity contribution >= 4 is 53.0 Å². The molecule has 0 aliphatic rings. The summed E-state index contributed by atoms with van der Waals surface area (Å²) in [4.78, 5) is 23.8. The summed E-state index contributed by atoms with van der Waals surface area (Å²) in [5, 5.41) is 21.8. The third-order valence-corrected chi connectivity index (χ3v) is 5.20. The highest BCUT2D eigenvalue weighted by atomic mass is 127. The number of phenolic OH excluding ortho intramolecular Hbond substituents is 1. The summed E-state index contributed by atoms with van der Waals surface area (Å²) in [5.74, 6) is -0.697. The first kappa shape index (κ1) is 23.8. The first-order valence-electron chi connectivity index (χ1n) is 9.06. The van der Waals surface area contributed by atoms with Crippen molar-refractivity contribution in [2.24, 2.45) is 5.92 Å². The number of rotatable bonds is 8. The van der Waals surface area contributed by atoms with Gasteiger partial charge in [0.15, 0.2) is 0 Å². The van der Waals surface area contributed by atoms with Crippen molar-refractivity contribution in [1.29, 1.82) is 5.26 Å². The second-order valence-electron chi connectivity index (χ2n) is 6.49.